The number of hydrogen-bond acceptors (Lipinski definition) is 5. The molecule has 20 heavy (non-hydrogen) atoms. The predicted molar refractivity (Wildman–Crippen MR) is 79.5 cm³/mol. The molecule has 0 radical (unpaired) electrons. The molecule has 0 amide bonds. The van der Waals surface area contributed by atoms with E-state index in [1.165, 1.54) is 0 Å². The van der Waals surface area contributed by atoms with E-state index < -0.39 is 0 Å². The highest BCUT2D eigenvalue weighted by atomic mass is 16.5. The molecule has 1 saturated heterocycles. The van der Waals surface area contributed by atoms with Crippen molar-refractivity contribution < 1.29 is 4.74 Å². The Morgan fingerprint density at radius 1 is 1.45 bits per heavy atom. The molecule has 1 N–H and O–H groups in total. The van der Waals surface area contributed by atoms with Crippen LogP contribution in [-0.2, 0) is 4.74 Å². The molecular formula is C15H26N4O. The Hall–Kier alpha value is -1.04. The zero-order chi connectivity index (χ0) is 14.4. The molecule has 5 heteroatoms. The molecule has 1 aliphatic heterocycles. The minimum absolute atomic E-state index is 0.116. The van der Waals surface area contributed by atoms with Gasteiger partial charge in [0.1, 0.15) is 0 Å². The standard InChI is InChI=1S/C15H26N4O/c1-4-5-18-15(13-10-16-6-7-17-13)14-11-19(12(2)3)8-9-20-14/h6-7,10,12,14-15,18H,4-5,8-9,11H2,1-3H3. The van der Waals surface area contributed by atoms with Crippen LogP contribution in [-0.4, -0.2) is 53.3 Å². The van der Waals surface area contributed by atoms with E-state index >= 15 is 0 Å². The van der Waals surface area contributed by atoms with Crippen LogP contribution in [0.4, 0.5) is 0 Å². The molecule has 2 heterocycles. The lowest BCUT2D eigenvalue weighted by Gasteiger charge is -2.39. The van der Waals surface area contributed by atoms with Gasteiger partial charge in [0.25, 0.3) is 0 Å². The predicted octanol–water partition coefficient (Wildman–Crippen LogP) is 1.63. The summed E-state index contributed by atoms with van der Waals surface area (Å²) in [6, 6.07) is 0.667. The minimum Gasteiger partial charge on any atom is -0.374 e. The van der Waals surface area contributed by atoms with Gasteiger partial charge in [0.05, 0.1) is 30.6 Å². The van der Waals surface area contributed by atoms with Gasteiger partial charge in [0.2, 0.25) is 0 Å². The largest absolute Gasteiger partial charge is 0.374 e. The van der Waals surface area contributed by atoms with Gasteiger partial charge in [-0.3, -0.25) is 14.9 Å². The van der Waals surface area contributed by atoms with Crippen LogP contribution in [0.3, 0.4) is 0 Å². The molecule has 0 bridgehead atoms. The fourth-order valence-electron chi connectivity index (χ4n) is 2.56. The summed E-state index contributed by atoms with van der Waals surface area (Å²) in [5, 5.41) is 3.56. The molecule has 1 aromatic rings. The van der Waals surface area contributed by atoms with E-state index in [9.17, 15) is 0 Å². The molecule has 0 aliphatic carbocycles. The number of nitrogens with zero attached hydrogens (tertiary/aromatic N) is 3. The van der Waals surface area contributed by atoms with Crippen molar-refractivity contribution in [3.05, 3.63) is 24.3 Å². The fraction of sp³-hybridized carbons (Fsp3) is 0.733. The molecule has 2 unspecified atom stereocenters. The monoisotopic (exact) mass is 278 g/mol. The molecule has 0 saturated carbocycles. The second kappa shape index (κ2) is 7.67. The van der Waals surface area contributed by atoms with Crippen LogP contribution in [0.25, 0.3) is 0 Å². The Morgan fingerprint density at radius 3 is 2.95 bits per heavy atom. The first-order valence-electron chi connectivity index (χ1n) is 7.57. The smallest absolute Gasteiger partial charge is 0.0913 e. The van der Waals surface area contributed by atoms with Crippen molar-refractivity contribution in [3.8, 4) is 0 Å². The van der Waals surface area contributed by atoms with Gasteiger partial charge in [-0.15, -0.1) is 0 Å². The summed E-state index contributed by atoms with van der Waals surface area (Å²) >= 11 is 0. The van der Waals surface area contributed by atoms with Crippen LogP contribution in [0, 0.1) is 0 Å². The summed E-state index contributed by atoms with van der Waals surface area (Å²) in [7, 11) is 0. The van der Waals surface area contributed by atoms with Crippen molar-refractivity contribution in [2.24, 2.45) is 0 Å². The Balaban J connectivity index is 2.09. The highest BCUT2D eigenvalue weighted by molar-refractivity contribution is 5.06. The Morgan fingerprint density at radius 2 is 2.30 bits per heavy atom. The number of hydrogen-bond donors (Lipinski definition) is 1. The number of nitrogens with one attached hydrogen (secondary N) is 1. The first kappa shape index (κ1) is 15.4. The highest BCUT2D eigenvalue weighted by Crippen LogP contribution is 2.21. The maximum absolute atomic E-state index is 6.00. The summed E-state index contributed by atoms with van der Waals surface area (Å²) in [4.78, 5) is 11.1. The summed E-state index contributed by atoms with van der Waals surface area (Å²) in [5.41, 5.74) is 0.969. The van der Waals surface area contributed by atoms with Gasteiger partial charge in [-0.25, -0.2) is 0 Å². The van der Waals surface area contributed by atoms with E-state index in [1.54, 1.807) is 12.4 Å². The summed E-state index contributed by atoms with van der Waals surface area (Å²) in [6.45, 7) is 10.3. The van der Waals surface area contributed by atoms with Gasteiger partial charge in [0.15, 0.2) is 0 Å². The van der Waals surface area contributed by atoms with Crippen molar-refractivity contribution >= 4 is 0 Å². The van der Waals surface area contributed by atoms with E-state index in [0.717, 1.165) is 38.4 Å². The average molecular weight is 278 g/mol. The molecule has 112 valence electrons. The molecule has 0 aromatic carbocycles. The average Bonchev–Trinajstić information content (AvgIpc) is 2.49. The molecule has 2 atom stereocenters. The second-order valence-electron chi connectivity index (χ2n) is 5.56. The van der Waals surface area contributed by atoms with Gasteiger partial charge in [-0.05, 0) is 26.8 Å². The molecule has 1 fully saturated rings. The lowest BCUT2D eigenvalue weighted by atomic mass is 10.0. The molecule has 1 aliphatic rings. The van der Waals surface area contributed by atoms with Gasteiger partial charge in [-0.1, -0.05) is 6.92 Å². The minimum atomic E-state index is 0.116. The van der Waals surface area contributed by atoms with Gasteiger partial charge >= 0.3 is 0 Å². The van der Waals surface area contributed by atoms with Crippen LogP contribution in [0.5, 0.6) is 0 Å². The maximum Gasteiger partial charge on any atom is 0.0913 e. The second-order valence-corrected chi connectivity index (χ2v) is 5.56. The van der Waals surface area contributed by atoms with Crippen molar-refractivity contribution in [1.82, 2.24) is 20.2 Å². The summed E-state index contributed by atoms with van der Waals surface area (Å²) in [5.74, 6) is 0. The van der Waals surface area contributed by atoms with Crippen molar-refractivity contribution in [2.45, 2.75) is 45.4 Å². The van der Waals surface area contributed by atoms with E-state index in [-0.39, 0.29) is 12.1 Å². The van der Waals surface area contributed by atoms with Crippen LogP contribution in [0.1, 0.15) is 38.9 Å². The highest BCUT2D eigenvalue weighted by Gasteiger charge is 2.30. The normalized spacial score (nSPS) is 22.1. The first-order valence-corrected chi connectivity index (χ1v) is 7.57. The third-order valence-corrected chi connectivity index (χ3v) is 3.74. The SMILES string of the molecule is CCCNC(c1cnccn1)C1CN(C(C)C)CCO1. The summed E-state index contributed by atoms with van der Waals surface area (Å²) < 4.78 is 6.00. The zero-order valence-corrected chi connectivity index (χ0v) is 12.7. The Kier molecular flexibility index (Phi) is 5.88. The molecule has 2 rings (SSSR count). The Bertz CT molecular complexity index is 385. The van der Waals surface area contributed by atoms with Crippen LogP contribution < -0.4 is 5.32 Å². The topological polar surface area (TPSA) is 50.3 Å². The third-order valence-electron chi connectivity index (χ3n) is 3.74. The quantitative estimate of drug-likeness (QED) is 0.857. The lowest BCUT2D eigenvalue weighted by Crippen LogP contribution is -2.50. The van der Waals surface area contributed by atoms with Crippen LogP contribution >= 0.6 is 0 Å². The maximum atomic E-state index is 6.00. The van der Waals surface area contributed by atoms with E-state index in [0.29, 0.717) is 6.04 Å². The molecule has 1 aromatic heterocycles. The van der Waals surface area contributed by atoms with Gasteiger partial charge < -0.3 is 10.1 Å². The molecular weight excluding hydrogens is 252 g/mol. The van der Waals surface area contributed by atoms with Crippen molar-refractivity contribution in [2.75, 3.05) is 26.2 Å². The van der Waals surface area contributed by atoms with Gasteiger partial charge in [0, 0.05) is 31.5 Å². The number of ether oxygens (including phenoxy) is 1. The third kappa shape index (κ3) is 3.98. The number of aromatic nitrogens is 2. The van der Waals surface area contributed by atoms with E-state index in [1.807, 2.05) is 6.20 Å². The lowest BCUT2D eigenvalue weighted by molar-refractivity contribution is -0.0567. The summed E-state index contributed by atoms with van der Waals surface area (Å²) in [6.07, 6.45) is 6.53. The number of rotatable bonds is 6. The molecule has 5 nitrogen and oxygen atoms in total. The molecule has 0 spiro atoms. The fourth-order valence-corrected chi connectivity index (χ4v) is 2.56. The van der Waals surface area contributed by atoms with E-state index in [2.05, 4.69) is 41.0 Å². The van der Waals surface area contributed by atoms with Crippen molar-refractivity contribution in [1.29, 1.82) is 0 Å². The zero-order valence-electron chi connectivity index (χ0n) is 12.7. The van der Waals surface area contributed by atoms with E-state index in [4.69, 9.17) is 4.74 Å². The Labute approximate surface area is 121 Å². The first-order chi connectivity index (χ1) is 9.72. The number of morpholine rings is 1. The van der Waals surface area contributed by atoms with Gasteiger partial charge in [-0.2, -0.15) is 0 Å². The van der Waals surface area contributed by atoms with Crippen LogP contribution in [0.2, 0.25) is 0 Å². The van der Waals surface area contributed by atoms with Crippen molar-refractivity contribution in [3.63, 3.8) is 0 Å². The van der Waals surface area contributed by atoms with Crippen LogP contribution in [0.15, 0.2) is 18.6 Å².